The minimum Gasteiger partial charge on any atom is -0.359 e. The van der Waals surface area contributed by atoms with Crippen LogP contribution in [0.3, 0.4) is 0 Å². The van der Waals surface area contributed by atoms with Crippen LogP contribution in [0.15, 0.2) is 65.8 Å². The molecule has 0 unspecified atom stereocenters. The van der Waals surface area contributed by atoms with Gasteiger partial charge < -0.3 is 10.1 Å². The Morgan fingerprint density at radius 1 is 1.00 bits per heavy atom. The highest BCUT2D eigenvalue weighted by Gasteiger charge is 2.66. The summed E-state index contributed by atoms with van der Waals surface area (Å²) < 4.78 is 7.37. The van der Waals surface area contributed by atoms with E-state index in [4.69, 9.17) is 4.74 Å². The fraction of sp³-hybridized carbons (Fsp3) is 0.533. The molecule has 2 aromatic carbocycles. The van der Waals surface area contributed by atoms with Crippen molar-refractivity contribution in [1.29, 1.82) is 0 Å². The van der Waals surface area contributed by atoms with E-state index < -0.39 is 0 Å². The Labute approximate surface area is 192 Å². The van der Waals surface area contributed by atoms with Crippen LogP contribution in [0.25, 0.3) is 10.8 Å². The van der Waals surface area contributed by atoms with Gasteiger partial charge in [-0.15, -0.1) is 0 Å². The van der Waals surface area contributed by atoms with Gasteiger partial charge in [0.15, 0.2) is 0 Å². The molecule has 2 heteroatoms. The Bertz CT molecular complexity index is 1160. The van der Waals surface area contributed by atoms with Gasteiger partial charge in [-0.25, -0.2) is 0 Å². The zero-order valence-electron chi connectivity index (χ0n) is 19.5. The van der Waals surface area contributed by atoms with E-state index in [0.29, 0.717) is 17.9 Å². The third-order valence-corrected chi connectivity index (χ3v) is 10.3. The number of allylic oxidation sites excluding steroid dienone is 1. The molecule has 6 atom stereocenters. The van der Waals surface area contributed by atoms with E-state index >= 15 is 0 Å². The van der Waals surface area contributed by atoms with Crippen LogP contribution in [-0.4, -0.2) is 24.3 Å². The molecule has 1 saturated heterocycles. The minimum atomic E-state index is -0.0439. The molecule has 2 saturated carbocycles. The molecule has 2 bridgehead atoms. The standard InChI is InChI=1S/C30H35NO/c1-28-14-13-24-18-23-9-10-25(31-2)19-29(23)15-16-30(24,32-29)27(28)12-11-26(28)22-8-7-20-5-3-4-6-21(20)17-22/h3-8,13,17-18,25-27,31H,9-12,14-16,19H2,1-2H3/t25-,26-,27-,28-,29-,30-/m1/s1. The quantitative estimate of drug-likeness (QED) is 0.580. The number of hydrogen-bond donors (Lipinski definition) is 1. The molecular formula is C30H35NO. The lowest BCUT2D eigenvalue weighted by molar-refractivity contribution is -0.136. The first-order valence-corrected chi connectivity index (χ1v) is 12.8. The highest BCUT2D eigenvalue weighted by molar-refractivity contribution is 5.83. The smallest absolute Gasteiger partial charge is 0.0974 e. The Morgan fingerprint density at radius 2 is 1.88 bits per heavy atom. The lowest BCUT2D eigenvalue weighted by atomic mass is 9.58. The normalized spacial score (nSPS) is 42.1. The van der Waals surface area contributed by atoms with Gasteiger partial charge in [0.25, 0.3) is 0 Å². The maximum Gasteiger partial charge on any atom is 0.0974 e. The van der Waals surface area contributed by atoms with Crippen molar-refractivity contribution in [3.63, 3.8) is 0 Å². The maximum atomic E-state index is 7.37. The molecule has 2 heterocycles. The van der Waals surface area contributed by atoms with Crippen molar-refractivity contribution in [1.82, 2.24) is 5.32 Å². The van der Waals surface area contributed by atoms with Gasteiger partial charge in [-0.1, -0.05) is 61.5 Å². The number of benzene rings is 2. The molecule has 2 aliphatic heterocycles. The zero-order valence-corrected chi connectivity index (χ0v) is 19.5. The van der Waals surface area contributed by atoms with E-state index in [1.165, 1.54) is 66.9 Å². The maximum absolute atomic E-state index is 7.37. The van der Waals surface area contributed by atoms with Crippen LogP contribution in [0.4, 0.5) is 0 Å². The molecule has 0 amide bonds. The number of rotatable bonds is 2. The van der Waals surface area contributed by atoms with Crippen molar-refractivity contribution in [2.24, 2.45) is 11.3 Å². The number of hydrogen-bond acceptors (Lipinski definition) is 2. The van der Waals surface area contributed by atoms with Crippen LogP contribution in [0, 0.1) is 11.3 Å². The van der Waals surface area contributed by atoms with E-state index in [-0.39, 0.29) is 16.6 Å². The Balaban J connectivity index is 1.29. The molecule has 3 fully saturated rings. The van der Waals surface area contributed by atoms with Crippen LogP contribution >= 0.6 is 0 Å². The second kappa shape index (κ2) is 6.58. The minimum absolute atomic E-state index is 0.00253. The zero-order chi connectivity index (χ0) is 21.6. The molecule has 3 aliphatic carbocycles. The van der Waals surface area contributed by atoms with Gasteiger partial charge in [-0.05, 0) is 103 Å². The molecule has 2 spiro atoms. The molecule has 2 nitrogen and oxygen atoms in total. The van der Waals surface area contributed by atoms with E-state index in [1.807, 2.05) is 0 Å². The van der Waals surface area contributed by atoms with E-state index in [2.05, 4.69) is 73.9 Å². The topological polar surface area (TPSA) is 21.3 Å². The Hall–Kier alpha value is -1.90. The van der Waals surface area contributed by atoms with Crippen LogP contribution in [0.2, 0.25) is 0 Å². The third-order valence-electron chi connectivity index (χ3n) is 10.3. The highest BCUT2D eigenvalue weighted by Crippen LogP contribution is 2.69. The fourth-order valence-electron chi connectivity index (χ4n) is 8.63. The van der Waals surface area contributed by atoms with Crippen molar-refractivity contribution >= 4 is 10.8 Å². The first-order chi connectivity index (χ1) is 15.6. The monoisotopic (exact) mass is 425 g/mol. The fourth-order valence-corrected chi connectivity index (χ4v) is 8.63. The molecule has 166 valence electrons. The molecule has 0 aromatic heterocycles. The average Bonchev–Trinajstić information content (AvgIpc) is 3.33. The third kappa shape index (κ3) is 2.43. The van der Waals surface area contributed by atoms with Gasteiger partial charge >= 0.3 is 0 Å². The molecule has 0 radical (unpaired) electrons. The van der Waals surface area contributed by atoms with Gasteiger partial charge in [0.2, 0.25) is 0 Å². The summed E-state index contributed by atoms with van der Waals surface area (Å²) in [6, 6.07) is 16.6. The summed E-state index contributed by atoms with van der Waals surface area (Å²) in [7, 11) is 2.12. The lowest BCUT2D eigenvalue weighted by Gasteiger charge is -2.54. The van der Waals surface area contributed by atoms with Crippen molar-refractivity contribution in [3.05, 3.63) is 71.3 Å². The number of nitrogens with one attached hydrogen (secondary N) is 1. The summed E-state index contributed by atoms with van der Waals surface area (Å²) in [6.07, 6.45) is 15.0. The first kappa shape index (κ1) is 19.6. The van der Waals surface area contributed by atoms with Gasteiger partial charge in [-0.3, -0.25) is 0 Å². The van der Waals surface area contributed by atoms with Crippen LogP contribution in [0.5, 0.6) is 0 Å². The van der Waals surface area contributed by atoms with Gasteiger partial charge in [0.1, 0.15) is 0 Å². The molecular weight excluding hydrogens is 390 g/mol. The van der Waals surface area contributed by atoms with Crippen LogP contribution in [0.1, 0.15) is 69.8 Å². The molecule has 1 N–H and O–H groups in total. The van der Waals surface area contributed by atoms with E-state index in [9.17, 15) is 0 Å². The van der Waals surface area contributed by atoms with Crippen LogP contribution < -0.4 is 5.32 Å². The van der Waals surface area contributed by atoms with Gasteiger partial charge in [0, 0.05) is 6.04 Å². The largest absolute Gasteiger partial charge is 0.359 e. The van der Waals surface area contributed by atoms with Gasteiger partial charge in [0.05, 0.1) is 11.2 Å². The predicted octanol–water partition coefficient (Wildman–Crippen LogP) is 6.67. The van der Waals surface area contributed by atoms with E-state index in [0.717, 1.165) is 6.42 Å². The van der Waals surface area contributed by atoms with E-state index in [1.54, 1.807) is 5.57 Å². The molecule has 32 heavy (non-hydrogen) atoms. The Kier molecular flexibility index (Phi) is 4.02. The summed E-state index contributed by atoms with van der Waals surface area (Å²) in [5, 5.41) is 6.29. The lowest BCUT2D eigenvalue weighted by Crippen LogP contribution is -2.54. The second-order valence-electron chi connectivity index (χ2n) is 11.5. The van der Waals surface area contributed by atoms with Gasteiger partial charge in [-0.2, -0.15) is 0 Å². The summed E-state index contributed by atoms with van der Waals surface area (Å²) >= 11 is 0. The van der Waals surface area contributed by atoms with Crippen LogP contribution in [-0.2, 0) is 4.74 Å². The Morgan fingerprint density at radius 3 is 2.75 bits per heavy atom. The predicted molar refractivity (Wildman–Crippen MR) is 131 cm³/mol. The van der Waals surface area contributed by atoms with Crippen molar-refractivity contribution < 1.29 is 4.74 Å². The molecule has 7 rings (SSSR count). The van der Waals surface area contributed by atoms with Crippen molar-refractivity contribution in [2.45, 2.75) is 81.5 Å². The van der Waals surface area contributed by atoms with Crippen molar-refractivity contribution in [2.75, 3.05) is 7.05 Å². The molecule has 5 aliphatic rings. The summed E-state index contributed by atoms with van der Waals surface area (Å²) in [6.45, 7) is 2.58. The average molecular weight is 426 g/mol. The highest BCUT2D eigenvalue weighted by atomic mass is 16.5. The number of ether oxygens (including phenoxy) is 1. The summed E-state index contributed by atoms with van der Waals surface area (Å²) in [5.74, 6) is 1.24. The first-order valence-electron chi connectivity index (χ1n) is 12.8. The second-order valence-corrected chi connectivity index (χ2v) is 11.5. The van der Waals surface area contributed by atoms with Crippen molar-refractivity contribution in [3.8, 4) is 0 Å². The summed E-state index contributed by atoms with van der Waals surface area (Å²) in [5.41, 5.74) is 4.90. The summed E-state index contributed by atoms with van der Waals surface area (Å²) in [4.78, 5) is 0. The molecule has 2 aromatic rings. The number of fused-ring (bicyclic) bond motifs is 2. The SMILES string of the molecule is CN[C@@H]1CCC2=CC3=CC[C@]4(C)[C@@H](c5ccc6ccccc6c5)CC[C@H]4[C@@]34CC[C@]2(C1)O4.